The molecule has 4 N–H and O–H groups in total. The topological polar surface area (TPSA) is 96.7 Å². The van der Waals surface area contributed by atoms with Crippen LogP contribution in [-0.2, 0) is 4.79 Å². The van der Waals surface area contributed by atoms with Crippen LogP contribution in [0, 0.1) is 0 Å². The van der Waals surface area contributed by atoms with E-state index in [-0.39, 0.29) is 5.91 Å². The van der Waals surface area contributed by atoms with Crippen molar-refractivity contribution in [2.24, 2.45) is 5.73 Å². The minimum atomic E-state index is -0.673. The number of carbonyl (C=O) groups is 1. The number of nitrogens with zero attached hydrogens (tertiary/aromatic N) is 2. The molecule has 1 aliphatic rings. The standard InChI is InChI=1S/C13H15N5OS/c14-13(6-1-7-13)11(19)17-9-2-4-10(5-3-9)20-12-15-8-16-18-12/h2-5,8H,1,6-7,14H2,(H,17,19)(H,15,16,18). The predicted molar refractivity (Wildman–Crippen MR) is 76.3 cm³/mol. The smallest absolute Gasteiger partial charge is 0.244 e. The normalized spacial score (nSPS) is 16.4. The van der Waals surface area contributed by atoms with Gasteiger partial charge >= 0.3 is 0 Å². The molecule has 0 atom stereocenters. The van der Waals surface area contributed by atoms with E-state index in [9.17, 15) is 4.79 Å². The molecule has 1 saturated carbocycles. The molecule has 104 valence electrons. The predicted octanol–water partition coefficient (Wildman–Crippen LogP) is 1.78. The van der Waals surface area contributed by atoms with Crippen molar-refractivity contribution in [3.63, 3.8) is 0 Å². The molecule has 1 amide bonds. The molecule has 0 unspecified atom stereocenters. The molecule has 7 heteroatoms. The lowest BCUT2D eigenvalue weighted by atomic mass is 9.77. The lowest BCUT2D eigenvalue weighted by Gasteiger charge is -2.36. The second kappa shape index (κ2) is 5.26. The summed E-state index contributed by atoms with van der Waals surface area (Å²) in [6, 6.07) is 7.57. The highest BCUT2D eigenvalue weighted by Gasteiger charge is 2.40. The number of aromatic amines is 1. The third kappa shape index (κ3) is 2.68. The van der Waals surface area contributed by atoms with Crippen molar-refractivity contribution in [1.82, 2.24) is 15.2 Å². The number of rotatable bonds is 4. The average molecular weight is 289 g/mol. The van der Waals surface area contributed by atoms with Gasteiger partial charge in [0.2, 0.25) is 5.91 Å². The minimum Gasteiger partial charge on any atom is -0.324 e. The van der Waals surface area contributed by atoms with Gasteiger partial charge in [0.25, 0.3) is 0 Å². The van der Waals surface area contributed by atoms with Gasteiger partial charge in [-0.05, 0) is 43.5 Å². The summed E-state index contributed by atoms with van der Waals surface area (Å²) in [5.41, 5.74) is 6.06. The molecule has 6 nitrogen and oxygen atoms in total. The number of H-pyrrole nitrogens is 1. The van der Waals surface area contributed by atoms with E-state index in [4.69, 9.17) is 5.73 Å². The van der Waals surface area contributed by atoms with Gasteiger partial charge in [-0.25, -0.2) is 4.98 Å². The van der Waals surface area contributed by atoms with Crippen LogP contribution in [0.2, 0.25) is 0 Å². The molecule has 0 spiro atoms. The molecule has 2 aromatic rings. The first-order valence-electron chi connectivity index (χ1n) is 6.39. The van der Waals surface area contributed by atoms with Crippen LogP contribution in [0.3, 0.4) is 0 Å². The SMILES string of the molecule is NC1(C(=O)Nc2ccc(Sc3ncn[nH]3)cc2)CCC1. The Kier molecular flexibility index (Phi) is 3.45. The lowest BCUT2D eigenvalue weighted by Crippen LogP contribution is -2.56. The minimum absolute atomic E-state index is 0.0978. The molecule has 0 aliphatic heterocycles. The molecule has 0 bridgehead atoms. The number of nitrogens with one attached hydrogen (secondary N) is 2. The van der Waals surface area contributed by atoms with E-state index in [0.29, 0.717) is 0 Å². The van der Waals surface area contributed by atoms with Crippen LogP contribution < -0.4 is 11.1 Å². The molecule has 3 rings (SSSR count). The largest absolute Gasteiger partial charge is 0.324 e. The summed E-state index contributed by atoms with van der Waals surface area (Å²) in [4.78, 5) is 17.1. The Balaban J connectivity index is 1.62. The Hall–Kier alpha value is -1.86. The summed E-state index contributed by atoms with van der Waals surface area (Å²) in [5.74, 6) is -0.0978. The number of hydrogen-bond acceptors (Lipinski definition) is 5. The van der Waals surface area contributed by atoms with Gasteiger partial charge in [0, 0.05) is 10.6 Å². The van der Waals surface area contributed by atoms with E-state index in [1.807, 2.05) is 24.3 Å². The van der Waals surface area contributed by atoms with E-state index in [0.717, 1.165) is 35.0 Å². The van der Waals surface area contributed by atoms with Crippen molar-refractivity contribution >= 4 is 23.4 Å². The van der Waals surface area contributed by atoms with Gasteiger partial charge < -0.3 is 11.1 Å². The molecule has 1 aliphatic carbocycles. The van der Waals surface area contributed by atoms with Crippen LogP contribution in [0.25, 0.3) is 0 Å². The van der Waals surface area contributed by atoms with E-state index >= 15 is 0 Å². The Morgan fingerprint density at radius 1 is 1.35 bits per heavy atom. The number of anilines is 1. The highest BCUT2D eigenvalue weighted by Crippen LogP contribution is 2.31. The molecular formula is C13H15N5OS. The summed E-state index contributed by atoms with van der Waals surface area (Å²) < 4.78 is 0. The fraction of sp³-hybridized carbons (Fsp3) is 0.308. The van der Waals surface area contributed by atoms with Gasteiger partial charge in [-0.3, -0.25) is 9.89 Å². The third-order valence-corrected chi connectivity index (χ3v) is 4.32. The van der Waals surface area contributed by atoms with Gasteiger partial charge in [0.1, 0.15) is 6.33 Å². The maximum absolute atomic E-state index is 12.0. The summed E-state index contributed by atoms with van der Waals surface area (Å²) >= 11 is 1.48. The summed E-state index contributed by atoms with van der Waals surface area (Å²) in [6.45, 7) is 0. The first kappa shape index (κ1) is 13.1. The molecule has 1 fully saturated rings. The van der Waals surface area contributed by atoms with Gasteiger partial charge in [0.05, 0.1) is 5.54 Å². The highest BCUT2D eigenvalue weighted by atomic mass is 32.2. The number of hydrogen-bond donors (Lipinski definition) is 3. The molecule has 1 aromatic heterocycles. The van der Waals surface area contributed by atoms with Crippen molar-refractivity contribution < 1.29 is 4.79 Å². The van der Waals surface area contributed by atoms with Crippen LogP contribution in [0.5, 0.6) is 0 Å². The monoisotopic (exact) mass is 289 g/mol. The maximum Gasteiger partial charge on any atom is 0.244 e. The van der Waals surface area contributed by atoms with Crippen molar-refractivity contribution in [2.45, 2.75) is 34.9 Å². The van der Waals surface area contributed by atoms with Crippen LogP contribution in [0.1, 0.15) is 19.3 Å². The number of benzene rings is 1. The fourth-order valence-corrected chi connectivity index (χ4v) is 2.70. The number of carbonyl (C=O) groups excluding carboxylic acids is 1. The Morgan fingerprint density at radius 3 is 2.65 bits per heavy atom. The second-order valence-corrected chi connectivity index (χ2v) is 5.94. The zero-order valence-electron chi connectivity index (χ0n) is 10.8. The van der Waals surface area contributed by atoms with Crippen molar-refractivity contribution in [2.75, 3.05) is 5.32 Å². The Labute approximate surface area is 120 Å². The summed E-state index contributed by atoms with van der Waals surface area (Å²) in [5, 5.41) is 10.2. The van der Waals surface area contributed by atoms with Gasteiger partial charge in [0.15, 0.2) is 5.16 Å². The molecule has 0 radical (unpaired) electrons. The zero-order valence-corrected chi connectivity index (χ0v) is 11.6. The van der Waals surface area contributed by atoms with Gasteiger partial charge in [-0.2, -0.15) is 5.10 Å². The fourth-order valence-electron chi connectivity index (χ4n) is 2.00. The molecule has 0 saturated heterocycles. The first-order valence-corrected chi connectivity index (χ1v) is 7.21. The van der Waals surface area contributed by atoms with Crippen LogP contribution in [0.4, 0.5) is 5.69 Å². The van der Waals surface area contributed by atoms with Crippen molar-refractivity contribution in [3.05, 3.63) is 30.6 Å². The van der Waals surface area contributed by atoms with E-state index < -0.39 is 5.54 Å². The van der Waals surface area contributed by atoms with Crippen molar-refractivity contribution in [3.8, 4) is 0 Å². The number of amides is 1. The first-order chi connectivity index (χ1) is 9.66. The molecule has 1 heterocycles. The molecule has 1 aromatic carbocycles. The van der Waals surface area contributed by atoms with Crippen LogP contribution >= 0.6 is 11.8 Å². The quantitative estimate of drug-likeness (QED) is 0.797. The van der Waals surface area contributed by atoms with Crippen LogP contribution in [-0.4, -0.2) is 26.6 Å². The van der Waals surface area contributed by atoms with Crippen molar-refractivity contribution in [1.29, 1.82) is 0 Å². The van der Waals surface area contributed by atoms with E-state index in [2.05, 4.69) is 20.5 Å². The summed E-state index contributed by atoms with van der Waals surface area (Å²) in [7, 11) is 0. The zero-order chi connectivity index (χ0) is 14.0. The highest BCUT2D eigenvalue weighted by molar-refractivity contribution is 7.99. The van der Waals surface area contributed by atoms with Crippen LogP contribution in [0.15, 0.2) is 40.6 Å². The number of aromatic nitrogens is 3. The third-order valence-electron chi connectivity index (χ3n) is 3.42. The van der Waals surface area contributed by atoms with Gasteiger partial charge in [-0.15, -0.1) is 0 Å². The Morgan fingerprint density at radius 2 is 2.10 bits per heavy atom. The second-order valence-electron chi connectivity index (χ2n) is 4.88. The molecular weight excluding hydrogens is 274 g/mol. The lowest BCUT2D eigenvalue weighted by molar-refractivity contribution is -0.123. The Bertz CT molecular complexity index is 592. The van der Waals surface area contributed by atoms with E-state index in [1.165, 1.54) is 18.1 Å². The molecule has 20 heavy (non-hydrogen) atoms. The number of nitrogens with two attached hydrogens (primary N) is 1. The van der Waals surface area contributed by atoms with E-state index in [1.54, 1.807) is 0 Å². The summed E-state index contributed by atoms with van der Waals surface area (Å²) in [6.07, 6.45) is 4.02. The van der Waals surface area contributed by atoms with Gasteiger partial charge in [-0.1, -0.05) is 11.8 Å². The average Bonchev–Trinajstić information content (AvgIpc) is 2.91. The maximum atomic E-state index is 12.0.